The van der Waals surface area contributed by atoms with Crippen LogP contribution in [-0.2, 0) is 4.79 Å². The van der Waals surface area contributed by atoms with E-state index in [4.69, 9.17) is 5.11 Å². The predicted octanol–water partition coefficient (Wildman–Crippen LogP) is 1.98. The Hall–Kier alpha value is 0.550. The van der Waals surface area contributed by atoms with Crippen LogP contribution in [0.5, 0.6) is 0 Å². The monoisotopic (exact) mass is 260 g/mol. The van der Waals surface area contributed by atoms with Gasteiger partial charge in [-0.1, -0.05) is 29.5 Å². The summed E-state index contributed by atoms with van der Waals surface area (Å²) in [4.78, 5) is 10.00. The van der Waals surface area contributed by atoms with Crippen molar-refractivity contribution in [3.8, 4) is 0 Å². The number of thioether (sulfide) groups is 1. The van der Waals surface area contributed by atoms with Crippen LogP contribution in [0.25, 0.3) is 0 Å². The summed E-state index contributed by atoms with van der Waals surface area (Å²) in [6, 6.07) is 0. The van der Waals surface area contributed by atoms with E-state index in [2.05, 4.69) is 22.6 Å². The molecule has 0 saturated carbocycles. The fourth-order valence-electron chi connectivity index (χ4n) is 0.280. The highest BCUT2D eigenvalue weighted by Gasteiger charge is 2.03. The van der Waals surface area contributed by atoms with Crippen LogP contribution in [0.2, 0.25) is 0 Å². The highest BCUT2D eigenvalue weighted by molar-refractivity contribution is 14.1. The van der Waals surface area contributed by atoms with Crippen molar-refractivity contribution in [3.05, 3.63) is 0 Å². The second-order valence-electron chi connectivity index (χ2n) is 1.52. The van der Waals surface area contributed by atoms with Gasteiger partial charge in [-0.25, -0.2) is 0 Å². The number of hydrogen-bond acceptors (Lipinski definition) is 2. The number of carboxylic acids is 1. The van der Waals surface area contributed by atoms with E-state index in [0.717, 1.165) is 6.42 Å². The molecule has 0 aliphatic rings. The molecule has 0 aliphatic carbocycles. The highest BCUT2D eigenvalue weighted by atomic mass is 127. The first-order chi connectivity index (χ1) is 4.16. The highest BCUT2D eigenvalue weighted by Crippen LogP contribution is 2.20. The van der Waals surface area contributed by atoms with Crippen molar-refractivity contribution < 1.29 is 9.90 Å². The summed E-state index contributed by atoms with van der Waals surface area (Å²) in [7, 11) is 0. The van der Waals surface area contributed by atoms with Crippen molar-refractivity contribution in [1.82, 2.24) is 0 Å². The van der Waals surface area contributed by atoms with Crippen molar-refractivity contribution in [1.29, 1.82) is 0 Å². The van der Waals surface area contributed by atoms with E-state index >= 15 is 0 Å². The van der Waals surface area contributed by atoms with Crippen LogP contribution < -0.4 is 0 Å². The van der Waals surface area contributed by atoms with Gasteiger partial charge in [-0.2, -0.15) is 0 Å². The van der Waals surface area contributed by atoms with Gasteiger partial charge < -0.3 is 5.11 Å². The fourth-order valence-corrected chi connectivity index (χ4v) is 1.38. The maximum Gasteiger partial charge on any atom is 0.313 e. The molecular weight excluding hydrogens is 251 g/mol. The molecule has 0 aromatic heterocycles. The SMILES string of the molecule is CCC(I)SCC(=O)O. The van der Waals surface area contributed by atoms with Crippen molar-refractivity contribution in [2.75, 3.05) is 5.75 Å². The second kappa shape index (κ2) is 5.34. The lowest BCUT2D eigenvalue weighted by Gasteiger charge is -2.01. The Bertz CT molecular complexity index is 97.0. The van der Waals surface area contributed by atoms with Gasteiger partial charge in [0.2, 0.25) is 0 Å². The number of alkyl halides is 1. The molecule has 4 heteroatoms. The molecule has 0 fully saturated rings. The Kier molecular flexibility index (Phi) is 5.67. The van der Waals surface area contributed by atoms with E-state index in [1.165, 1.54) is 11.8 Å². The Balaban J connectivity index is 3.16. The molecular formula is C5H9IO2S. The van der Waals surface area contributed by atoms with E-state index in [0.29, 0.717) is 3.26 Å². The van der Waals surface area contributed by atoms with E-state index in [1.54, 1.807) is 0 Å². The number of carbonyl (C=O) groups is 1. The average molecular weight is 260 g/mol. The number of halogens is 1. The molecule has 1 N–H and O–H groups in total. The Morgan fingerprint density at radius 2 is 2.44 bits per heavy atom. The second-order valence-corrected chi connectivity index (χ2v) is 5.06. The molecule has 0 bridgehead atoms. The van der Waals surface area contributed by atoms with Gasteiger partial charge in [-0.15, -0.1) is 11.8 Å². The lowest BCUT2D eigenvalue weighted by molar-refractivity contribution is -0.133. The summed E-state index contributed by atoms with van der Waals surface area (Å²) in [6.07, 6.45) is 1.03. The van der Waals surface area contributed by atoms with E-state index in [9.17, 15) is 4.79 Å². The lowest BCUT2D eigenvalue weighted by Crippen LogP contribution is -2.01. The number of carboxylic acid groups (broad SMARTS) is 1. The minimum atomic E-state index is -0.727. The van der Waals surface area contributed by atoms with Crippen LogP contribution in [0.3, 0.4) is 0 Å². The zero-order chi connectivity index (χ0) is 7.28. The smallest absolute Gasteiger partial charge is 0.313 e. The summed E-state index contributed by atoms with van der Waals surface area (Å²) >= 11 is 3.71. The molecule has 0 amide bonds. The third-order valence-corrected chi connectivity index (χ3v) is 3.78. The molecule has 0 saturated heterocycles. The van der Waals surface area contributed by atoms with Gasteiger partial charge in [0, 0.05) is 0 Å². The van der Waals surface area contributed by atoms with Gasteiger partial charge in [0.25, 0.3) is 0 Å². The average Bonchev–Trinajstić information content (AvgIpc) is 1.83. The van der Waals surface area contributed by atoms with E-state index in [1.807, 2.05) is 6.92 Å². The number of aliphatic carboxylic acids is 1. The molecule has 0 heterocycles. The topological polar surface area (TPSA) is 37.3 Å². The molecule has 54 valence electrons. The van der Waals surface area contributed by atoms with Crippen molar-refractivity contribution >= 4 is 40.3 Å². The third-order valence-electron chi connectivity index (χ3n) is 0.709. The molecule has 0 spiro atoms. The van der Waals surface area contributed by atoms with Gasteiger partial charge >= 0.3 is 5.97 Å². The zero-order valence-electron chi connectivity index (χ0n) is 5.13. The molecule has 0 aromatic rings. The zero-order valence-corrected chi connectivity index (χ0v) is 8.11. The summed E-state index contributed by atoms with van der Waals surface area (Å²) in [5.74, 6) is -0.503. The molecule has 9 heavy (non-hydrogen) atoms. The standard InChI is InChI=1S/C5H9IO2S/c1-2-4(6)9-3-5(7)8/h4H,2-3H2,1H3,(H,7,8). The maximum absolute atomic E-state index is 10.00. The largest absolute Gasteiger partial charge is 0.481 e. The minimum Gasteiger partial charge on any atom is -0.481 e. The summed E-state index contributed by atoms with van der Waals surface area (Å²) in [6.45, 7) is 2.05. The quantitative estimate of drug-likeness (QED) is 0.620. The molecule has 2 nitrogen and oxygen atoms in total. The molecule has 0 aliphatic heterocycles. The van der Waals surface area contributed by atoms with Crippen LogP contribution in [0.4, 0.5) is 0 Å². The number of rotatable bonds is 4. The van der Waals surface area contributed by atoms with Crippen LogP contribution >= 0.6 is 34.4 Å². The lowest BCUT2D eigenvalue weighted by atomic mass is 10.6. The molecule has 0 rings (SSSR count). The minimum absolute atomic E-state index is 0.224. The van der Waals surface area contributed by atoms with E-state index < -0.39 is 5.97 Å². The summed E-state index contributed by atoms with van der Waals surface area (Å²) in [5.41, 5.74) is 0. The van der Waals surface area contributed by atoms with Crippen LogP contribution in [0, 0.1) is 0 Å². The Morgan fingerprint density at radius 3 is 2.78 bits per heavy atom. The first kappa shape index (κ1) is 9.55. The normalized spacial score (nSPS) is 13.1. The number of hydrogen-bond donors (Lipinski definition) is 1. The molecule has 1 atom stereocenters. The first-order valence-electron chi connectivity index (χ1n) is 2.64. The Labute approximate surface area is 72.5 Å². The van der Waals surface area contributed by atoms with Gasteiger partial charge in [0.15, 0.2) is 0 Å². The van der Waals surface area contributed by atoms with Gasteiger partial charge in [0.1, 0.15) is 0 Å². The van der Waals surface area contributed by atoms with Crippen molar-refractivity contribution in [2.24, 2.45) is 0 Å². The van der Waals surface area contributed by atoms with Crippen molar-refractivity contribution in [2.45, 2.75) is 16.6 Å². The summed E-state index contributed by atoms with van der Waals surface area (Å²) in [5, 5.41) is 8.23. The van der Waals surface area contributed by atoms with Gasteiger partial charge in [-0.05, 0) is 6.42 Å². The molecule has 0 aromatic carbocycles. The van der Waals surface area contributed by atoms with Crippen LogP contribution in [0.1, 0.15) is 13.3 Å². The maximum atomic E-state index is 10.00. The molecule has 0 radical (unpaired) electrons. The van der Waals surface area contributed by atoms with Gasteiger partial charge in [-0.3, -0.25) is 4.79 Å². The van der Waals surface area contributed by atoms with Crippen LogP contribution in [0.15, 0.2) is 0 Å². The van der Waals surface area contributed by atoms with Crippen molar-refractivity contribution in [3.63, 3.8) is 0 Å². The fraction of sp³-hybridized carbons (Fsp3) is 0.800. The predicted molar refractivity (Wildman–Crippen MR) is 48.2 cm³/mol. The summed E-state index contributed by atoms with van der Waals surface area (Å²) < 4.78 is 0.443. The van der Waals surface area contributed by atoms with E-state index in [-0.39, 0.29) is 5.75 Å². The first-order valence-corrected chi connectivity index (χ1v) is 4.93. The van der Waals surface area contributed by atoms with Gasteiger partial charge in [0.05, 0.1) is 9.01 Å². The molecule has 1 unspecified atom stereocenters. The third kappa shape index (κ3) is 6.44. The van der Waals surface area contributed by atoms with Crippen LogP contribution in [-0.4, -0.2) is 20.1 Å². The Morgan fingerprint density at radius 1 is 1.89 bits per heavy atom.